The Morgan fingerprint density at radius 3 is 2.61 bits per heavy atom. The van der Waals surface area contributed by atoms with E-state index in [0.29, 0.717) is 0 Å². The van der Waals surface area contributed by atoms with Gasteiger partial charge in [-0.25, -0.2) is 4.98 Å². The van der Waals surface area contributed by atoms with Gasteiger partial charge in [0.25, 0.3) is 0 Å². The summed E-state index contributed by atoms with van der Waals surface area (Å²) in [6.45, 7) is 6.11. The molecule has 0 atom stereocenters. The van der Waals surface area contributed by atoms with Crippen LogP contribution in [-0.2, 0) is 7.05 Å². The summed E-state index contributed by atoms with van der Waals surface area (Å²) in [5.41, 5.74) is 6.02. The zero-order chi connectivity index (χ0) is 16.7. The Balaban J connectivity index is 2.22. The van der Waals surface area contributed by atoms with E-state index in [1.165, 1.54) is 0 Å². The van der Waals surface area contributed by atoms with Crippen molar-refractivity contribution >= 4 is 38.3 Å². The molecule has 1 N–H and O–H groups in total. The van der Waals surface area contributed by atoms with E-state index in [0.717, 1.165) is 49.5 Å². The Morgan fingerprint density at radius 2 is 1.91 bits per heavy atom. The lowest BCUT2D eigenvalue weighted by atomic mass is 10.1. The van der Waals surface area contributed by atoms with Crippen molar-refractivity contribution < 1.29 is 4.74 Å². The molecule has 23 heavy (non-hydrogen) atoms. The molecule has 3 rings (SSSR count). The number of aromatic nitrogens is 3. The summed E-state index contributed by atoms with van der Waals surface area (Å²) in [6.07, 6.45) is 1.83. The lowest BCUT2D eigenvalue weighted by molar-refractivity contribution is 0.412. The van der Waals surface area contributed by atoms with Crippen LogP contribution in [0.3, 0.4) is 0 Å². The van der Waals surface area contributed by atoms with E-state index in [9.17, 15) is 0 Å². The van der Waals surface area contributed by atoms with Crippen molar-refractivity contribution in [3.63, 3.8) is 0 Å². The van der Waals surface area contributed by atoms with Gasteiger partial charge in [-0.3, -0.25) is 4.68 Å². The summed E-state index contributed by atoms with van der Waals surface area (Å²) in [6, 6.07) is 4.04. The largest absolute Gasteiger partial charge is 0.496 e. The van der Waals surface area contributed by atoms with Crippen LogP contribution in [0.15, 0.2) is 22.8 Å². The van der Waals surface area contributed by atoms with Crippen LogP contribution >= 0.6 is 15.9 Å². The van der Waals surface area contributed by atoms with E-state index in [1.807, 2.05) is 26.2 Å². The summed E-state index contributed by atoms with van der Waals surface area (Å²) in [5.74, 6) is 0.863. The molecule has 2 heterocycles. The van der Waals surface area contributed by atoms with Crippen LogP contribution in [0.2, 0.25) is 0 Å². The molecule has 0 bridgehead atoms. The maximum atomic E-state index is 5.44. The average molecular weight is 375 g/mol. The molecule has 0 amide bonds. The molecule has 0 radical (unpaired) electrons. The van der Waals surface area contributed by atoms with E-state index in [1.54, 1.807) is 11.8 Å². The molecule has 5 nitrogen and oxygen atoms in total. The number of rotatable bonds is 3. The number of benzene rings is 1. The summed E-state index contributed by atoms with van der Waals surface area (Å²) in [7, 11) is 3.59. The van der Waals surface area contributed by atoms with E-state index >= 15 is 0 Å². The molecule has 0 fully saturated rings. The van der Waals surface area contributed by atoms with E-state index in [4.69, 9.17) is 4.74 Å². The van der Waals surface area contributed by atoms with Crippen molar-refractivity contribution in [3.8, 4) is 5.75 Å². The molecule has 2 aromatic heterocycles. The first kappa shape index (κ1) is 15.8. The molecule has 0 aliphatic carbocycles. The molecule has 0 spiro atoms. The van der Waals surface area contributed by atoms with Crippen molar-refractivity contribution in [1.29, 1.82) is 0 Å². The van der Waals surface area contributed by atoms with Crippen molar-refractivity contribution in [1.82, 2.24) is 14.8 Å². The first-order chi connectivity index (χ1) is 10.9. The predicted molar refractivity (Wildman–Crippen MR) is 96.7 cm³/mol. The third-order valence-electron chi connectivity index (χ3n) is 4.08. The highest BCUT2D eigenvalue weighted by atomic mass is 79.9. The minimum atomic E-state index is 0.853. The third kappa shape index (κ3) is 2.57. The summed E-state index contributed by atoms with van der Waals surface area (Å²) in [5, 5.41) is 8.87. The number of fused-ring (bicyclic) bond motifs is 1. The fraction of sp³-hybridized carbons (Fsp3) is 0.294. The molecule has 1 aromatic carbocycles. The summed E-state index contributed by atoms with van der Waals surface area (Å²) >= 11 is 3.66. The van der Waals surface area contributed by atoms with Gasteiger partial charge in [0.1, 0.15) is 5.75 Å². The van der Waals surface area contributed by atoms with Gasteiger partial charge in [0.15, 0.2) is 5.65 Å². The second-order valence-corrected chi connectivity index (χ2v) is 6.39. The monoisotopic (exact) mass is 374 g/mol. The van der Waals surface area contributed by atoms with Crippen LogP contribution in [0.25, 0.3) is 11.0 Å². The standard InChI is InChI=1S/C17H19BrN4O/c1-9-6-7-13(23-5)10(2)15(9)21-16-12-8-19-22(4)17(12)20-11(3)14(16)18/h6-8H,1-5H3,(H,20,21). The second-order valence-electron chi connectivity index (χ2n) is 5.60. The summed E-state index contributed by atoms with van der Waals surface area (Å²) < 4.78 is 8.17. The van der Waals surface area contributed by atoms with Gasteiger partial charge in [-0.1, -0.05) is 6.07 Å². The first-order valence-corrected chi connectivity index (χ1v) is 8.12. The zero-order valence-corrected chi connectivity index (χ0v) is 15.4. The van der Waals surface area contributed by atoms with Crippen molar-refractivity contribution in [3.05, 3.63) is 39.6 Å². The quantitative estimate of drug-likeness (QED) is 0.737. The van der Waals surface area contributed by atoms with Gasteiger partial charge >= 0.3 is 0 Å². The van der Waals surface area contributed by atoms with Crippen LogP contribution in [0.1, 0.15) is 16.8 Å². The number of nitrogens with one attached hydrogen (secondary N) is 1. The minimum Gasteiger partial charge on any atom is -0.496 e. The zero-order valence-electron chi connectivity index (χ0n) is 13.9. The fourth-order valence-corrected chi connectivity index (χ4v) is 3.14. The van der Waals surface area contributed by atoms with Crippen molar-refractivity contribution in [2.24, 2.45) is 7.05 Å². The van der Waals surface area contributed by atoms with Gasteiger partial charge in [-0.05, 0) is 48.3 Å². The Morgan fingerprint density at radius 1 is 1.17 bits per heavy atom. The Labute approximate surface area is 143 Å². The number of ether oxygens (including phenoxy) is 1. The van der Waals surface area contributed by atoms with Gasteiger partial charge in [0.05, 0.1) is 34.5 Å². The number of aryl methyl sites for hydroxylation is 3. The minimum absolute atomic E-state index is 0.853. The molecule has 6 heteroatoms. The number of halogens is 1. The number of anilines is 2. The lowest BCUT2D eigenvalue weighted by Gasteiger charge is -2.17. The highest BCUT2D eigenvalue weighted by molar-refractivity contribution is 9.10. The van der Waals surface area contributed by atoms with Gasteiger partial charge in [0.2, 0.25) is 0 Å². The van der Waals surface area contributed by atoms with Crippen LogP contribution in [-0.4, -0.2) is 21.9 Å². The predicted octanol–water partition coefficient (Wildman–Crippen LogP) is 4.41. The molecular formula is C17H19BrN4O. The Hall–Kier alpha value is -2.08. The van der Waals surface area contributed by atoms with E-state index in [2.05, 4.69) is 51.2 Å². The number of hydrogen-bond acceptors (Lipinski definition) is 4. The molecule has 0 saturated carbocycles. The highest BCUT2D eigenvalue weighted by Gasteiger charge is 2.16. The molecule has 0 aliphatic rings. The second kappa shape index (κ2) is 5.85. The number of pyridine rings is 1. The summed E-state index contributed by atoms with van der Waals surface area (Å²) in [4.78, 5) is 4.60. The van der Waals surface area contributed by atoms with E-state index in [-0.39, 0.29) is 0 Å². The molecule has 0 saturated heterocycles. The van der Waals surface area contributed by atoms with Crippen molar-refractivity contribution in [2.45, 2.75) is 20.8 Å². The molecule has 0 aliphatic heterocycles. The average Bonchev–Trinajstić information content (AvgIpc) is 2.88. The van der Waals surface area contributed by atoms with Crippen LogP contribution < -0.4 is 10.1 Å². The Bertz CT molecular complexity index is 901. The number of hydrogen-bond donors (Lipinski definition) is 1. The SMILES string of the molecule is COc1ccc(C)c(Nc2c(Br)c(C)nc3c2cnn3C)c1C. The number of nitrogens with zero attached hydrogens (tertiary/aromatic N) is 3. The highest BCUT2D eigenvalue weighted by Crippen LogP contribution is 2.38. The van der Waals surface area contributed by atoms with Gasteiger partial charge in [-0.2, -0.15) is 5.10 Å². The maximum Gasteiger partial charge on any atom is 0.159 e. The first-order valence-electron chi connectivity index (χ1n) is 7.33. The van der Waals surface area contributed by atoms with Crippen LogP contribution in [0.5, 0.6) is 5.75 Å². The lowest BCUT2D eigenvalue weighted by Crippen LogP contribution is -2.02. The van der Waals surface area contributed by atoms with Crippen molar-refractivity contribution in [2.75, 3.05) is 12.4 Å². The molecule has 3 aromatic rings. The van der Waals surface area contributed by atoms with E-state index < -0.39 is 0 Å². The third-order valence-corrected chi connectivity index (χ3v) is 5.05. The van der Waals surface area contributed by atoms with Gasteiger partial charge in [-0.15, -0.1) is 0 Å². The topological polar surface area (TPSA) is 52.0 Å². The Kier molecular flexibility index (Phi) is 4.02. The molecule has 0 unspecified atom stereocenters. The fourth-order valence-electron chi connectivity index (χ4n) is 2.74. The normalized spacial score (nSPS) is 11.0. The van der Waals surface area contributed by atoms with Gasteiger partial charge < -0.3 is 10.1 Å². The van der Waals surface area contributed by atoms with Crippen LogP contribution in [0.4, 0.5) is 11.4 Å². The van der Waals surface area contributed by atoms with Gasteiger partial charge in [0, 0.05) is 18.3 Å². The molecule has 120 valence electrons. The van der Waals surface area contributed by atoms with Crippen LogP contribution in [0, 0.1) is 20.8 Å². The number of methoxy groups -OCH3 is 1. The smallest absolute Gasteiger partial charge is 0.159 e. The molecular weight excluding hydrogens is 356 g/mol. The maximum absolute atomic E-state index is 5.44.